The molecule has 1 aromatic heterocycles. The maximum atomic E-state index is 13.6. The molecule has 2 rings (SSSR count). The van der Waals surface area contributed by atoms with E-state index in [2.05, 4.69) is 9.72 Å². The van der Waals surface area contributed by atoms with Crippen molar-refractivity contribution < 1.29 is 18.3 Å². The summed E-state index contributed by atoms with van der Waals surface area (Å²) in [5.41, 5.74) is -0.465. The van der Waals surface area contributed by atoms with Gasteiger partial charge in [0.15, 0.2) is 0 Å². The number of halogens is 2. The molecular weight excluding hydrogens is 256 g/mol. The monoisotopic (exact) mass is 267 g/mol. The van der Waals surface area contributed by atoms with Crippen molar-refractivity contribution in [2.75, 3.05) is 7.11 Å². The van der Waals surface area contributed by atoms with Gasteiger partial charge >= 0.3 is 5.97 Å². The lowest BCUT2D eigenvalue weighted by atomic mass is 9.97. The van der Waals surface area contributed by atoms with Crippen LogP contribution in [0, 0.1) is 11.6 Å². The van der Waals surface area contributed by atoms with Gasteiger partial charge in [0.1, 0.15) is 11.6 Å². The number of carbonyl (C=O) groups excluding carboxylic acids is 1. The molecule has 0 fully saturated rings. The van der Waals surface area contributed by atoms with Crippen molar-refractivity contribution >= 4 is 16.9 Å². The van der Waals surface area contributed by atoms with E-state index in [0.29, 0.717) is 6.07 Å². The van der Waals surface area contributed by atoms with E-state index in [1.807, 2.05) is 0 Å². The Kier molecular flexibility index (Phi) is 3.33. The molecule has 4 nitrogen and oxygen atoms in total. The standard InChI is InChI=1S/C13H11F2NO3/c1-6(13(18)19-2)8-5-11(17)16-12-9(8)3-7(14)4-10(12)15/h3-6H,1-2H3,(H,16,17). The van der Waals surface area contributed by atoms with Gasteiger partial charge in [0.25, 0.3) is 0 Å². The Bertz CT molecular complexity index is 709. The van der Waals surface area contributed by atoms with Crippen molar-refractivity contribution in [1.82, 2.24) is 4.98 Å². The molecule has 0 aliphatic rings. The minimum absolute atomic E-state index is 0.125. The van der Waals surface area contributed by atoms with Crippen molar-refractivity contribution in [3.8, 4) is 0 Å². The highest BCUT2D eigenvalue weighted by Crippen LogP contribution is 2.26. The summed E-state index contributed by atoms with van der Waals surface area (Å²) in [5.74, 6) is -3.05. The average molecular weight is 267 g/mol. The van der Waals surface area contributed by atoms with Gasteiger partial charge in [-0.3, -0.25) is 9.59 Å². The fourth-order valence-corrected chi connectivity index (χ4v) is 1.97. The third-order valence-electron chi connectivity index (χ3n) is 2.92. The van der Waals surface area contributed by atoms with Gasteiger partial charge in [0, 0.05) is 17.5 Å². The number of H-pyrrole nitrogens is 1. The number of aromatic nitrogens is 1. The summed E-state index contributed by atoms with van der Waals surface area (Å²) in [7, 11) is 1.20. The molecule has 0 bridgehead atoms. The Morgan fingerprint density at radius 3 is 2.63 bits per heavy atom. The van der Waals surface area contributed by atoms with Crippen LogP contribution >= 0.6 is 0 Å². The number of fused-ring (bicyclic) bond motifs is 1. The first kappa shape index (κ1) is 13.2. The summed E-state index contributed by atoms with van der Waals surface area (Å²) in [6, 6.07) is 2.89. The number of nitrogens with one attached hydrogen (secondary N) is 1. The van der Waals surface area contributed by atoms with Gasteiger partial charge < -0.3 is 9.72 Å². The summed E-state index contributed by atoms with van der Waals surface area (Å²) in [6.07, 6.45) is 0. The van der Waals surface area contributed by atoms with E-state index in [-0.39, 0.29) is 16.5 Å². The zero-order valence-electron chi connectivity index (χ0n) is 10.3. The summed E-state index contributed by atoms with van der Waals surface area (Å²) in [5, 5.41) is 0.148. The van der Waals surface area contributed by atoms with E-state index in [9.17, 15) is 18.4 Å². The van der Waals surface area contributed by atoms with Crippen molar-refractivity contribution in [2.45, 2.75) is 12.8 Å². The van der Waals surface area contributed by atoms with Crippen LogP contribution in [0.3, 0.4) is 0 Å². The first-order valence-corrected chi connectivity index (χ1v) is 5.54. The second kappa shape index (κ2) is 4.79. The lowest BCUT2D eigenvalue weighted by molar-refractivity contribution is -0.141. The number of rotatable bonds is 2. The highest BCUT2D eigenvalue weighted by atomic mass is 19.1. The van der Waals surface area contributed by atoms with E-state index >= 15 is 0 Å². The minimum atomic E-state index is -0.883. The molecule has 1 heterocycles. The van der Waals surface area contributed by atoms with E-state index in [4.69, 9.17) is 0 Å². The van der Waals surface area contributed by atoms with E-state index < -0.39 is 29.1 Å². The van der Waals surface area contributed by atoms with Crippen LogP contribution in [-0.2, 0) is 9.53 Å². The zero-order chi connectivity index (χ0) is 14.2. The smallest absolute Gasteiger partial charge is 0.312 e. The van der Waals surface area contributed by atoms with Crippen LogP contribution < -0.4 is 5.56 Å². The van der Waals surface area contributed by atoms with Gasteiger partial charge in [-0.15, -0.1) is 0 Å². The van der Waals surface area contributed by atoms with Gasteiger partial charge in [0.05, 0.1) is 18.5 Å². The normalized spacial score (nSPS) is 12.4. The van der Waals surface area contributed by atoms with Crippen LogP contribution in [0.15, 0.2) is 23.0 Å². The molecule has 1 N–H and O–H groups in total. The van der Waals surface area contributed by atoms with Crippen LogP contribution in [0.5, 0.6) is 0 Å². The molecule has 19 heavy (non-hydrogen) atoms. The Labute approximate surface area is 107 Å². The minimum Gasteiger partial charge on any atom is -0.469 e. The predicted octanol–water partition coefficient (Wildman–Crippen LogP) is 2.08. The molecule has 2 aromatic rings. The molecule has 0 saturated carbocycles. The summed E-state index contributed by atoms with van der Waals surface area (Å²) in [6.45, 7) is 1.50. The highest BCUT2D eigenvalue weighted by molar-refractivity contribution is 5.89. The molecule has 1 aromatic carbocycles. The van der Waals surface area contributed by atoms with Gasteiger partial charge in [0.2, 0.25) is 5.56 Å². The molecule has 0 amide bonds. The molecule has 0 saturated heterocycles. The number of hydrogen-bond donors (Lipinski definition) is 1. The SMILES string of the molecule is COC(=O)C(C)c1cc(=O)[nH]c2c(F)cc(F)cc12. The maximum Gasteiger partial charge on any atom is 0.312 e. The van der Waals surface area contributed by atoms with Crippen LogP contribution in [0.4, 0.5) is 8.78 Å². The summed E-state index contributed by atoms with van der Waals surface area (Å²) >= 11 is 0. The van der Waals surface area contributed by atoms with Gasteiger partial charge in [-0.2, -0.15) is 0 Å². The molecule has 6 heteroatoms. The molecule has 0 radical (unpaired) electrons. The van der Waals surface area contributed by atoms with Crippen LogP contribution in [-0.4, -0.2) is 18.1 Å². The second-order valence-corrected chi connectivity index (χ2v) is 4.14. The quantitative estimate of drug-likeness (QED) is 0.847. The number of aromatic amines is 1. The average Bonchev–Trinajstić information content (AvgIpc) is 2.37. The Morgan fingerprint density at radius 2 is 2.00 bits per heavy atom. The maximum absolute atomic E-state index is 13.6. The Morgan fingerprint density at radius 1 is 1.32 bits per heavy atom. The van der Waals surface area contributed by atoms with Crippen LogP contribution in [0.2, 0.25) is 0 Å². The number of esters is 1. The number of methoxy groups -OCH3 is 1. The fourth-order valence-electron chi connectivity index (χ4n) is 1.97. The first-order valence-electron chi connectivity index (χ1n) is 5.54. The lowest BCUT2D eigenvalue weighted by Gasteiger charge is -2.12. The summed E-state index contributed by atoms with van der Waals surface area (Å²) in [4.78, 5) is 25.3. The number of ether oxygens (including phenoxy) is 1. The third kappa shape index (κ3) is 2.33. The van der Waals surface area contributed by atoms with E-state index in [1.54, 1.807) is 0 Å². The van der Waals surface area contributed by atoms with Crippen molar-refractivity contribution in [3.05, 3.63) is 45.8 Å². The number of benzene rings is 1. The Hall–Kier alpha value is -2.24. The van der Waals surface area contributed by atoms with Crippen LogP contribution in [0.1, 0.15) is 18.4 Å². The van der Waals surface area contributed by atoms with Crippen molar-refractivity contribution in [2.24, 2.45) is 0 Å². The van der Waals surface area contributed by atoms with Gasteiger partial charge in [-0.1, -0.05) is 0 Å². The number of carbonyl (C=O) groups is 1. The molecule has 100 valence electrons. The van der Waals surface area contributed by atoms with E-state index in [0.717, 1.165) is 12.1 Å². The number of pyridine rings is 1. The molecule has 0 spiro atoms. The summed E-state index contributed by atoms with van der Waals surface area (Å²) < 4.78 is 31.5. The molecule has 0 aliphatic carbocycles. The first-order chi connectivity index (χ1) is 8.93. The lowest BCUT2D eigenvalue weighted by Crippen LogP contribution is -2.16. The molecule has 1 unspecified atom stereocenters. The largest absolute Gasteiger partial charge is 0.469 e. The van der Waals surface area contributed by atoms with Gasteiger partial charge in [-0.25, -0.2) is 8.78 Å². The van der Waals surface area contributed by atoms with Crippen molar-refractivity contribution in [3.63, 3.8) is 0 Å². The van der Waals surface area contributed by atoms with Crippen molar-refractivity contribution in [1.29, 1.82) is 0 Å². The molecule has 0 aliphatic heterocycles. The second-order valence-electron chi connectivity index (χ2n) is 4.14. The Balaban J connectivity index is 2.80. The molecular formula is C13H11F2NO3. The van der Waals surface area contributed by atoms with Gasteiger partial charge in [-0.05, 0) is 18.6 Å². The third-order valence-corrected chi connectivity index (χ3v) is 2.92. The number of hydrogen-bond acceptors (Lipinski definition) is 3. The topological polar surface area (TPSA) is 59.2 Å². The van der Waals surface area contributed by atoms with Crippen LogP contribution in [0.25, 0.3) is 10.9 Å². The van der Waals surface area contributed by atoms with E-state index in [1.165, 1.54) is 14.0 Å². The highest BCUT2D eigenvalue weighted by Gasteiger charge is 2.20. The predicted molar refractivity (Wildman–Crippen MR) is 64.9 cm³/mol. The zero-order valence-corrected chi connectivity index (χ0v) is 10.3. The molecule has 1 atom stereocenters. The fraction of sp³-hybridized carbons (Fsp3) is 0.231.